The normalized spacial score (nSPS) is 13.0. The molecule has 0 bridgehead atoms. The summed E-state index contributed by atoms with van der Waals surface area (Å²) in [5.74, 6) is 0.969. The molecule has 1 fully saturated rings. The largest absolute Gasteiger partial charge is 0.493 e. The van der Waals surface area contributed by atoms with Gasteiger partial charge in [0, 0.05) is 49.6 Å². The van der Waals surface area contributed by atoms with E-state index in [0.717, 1.165) is 38.0 Å². The summed E-state index contributed by atoms with van der Waals surface area (Å²) in [6.07, 6.45) is 7.05. The van der Waals surface area contributed by atoms with Crippen molar-refractivity contribution in [3.63, 3.8) is 0 Å². The number of benzene rings is 2. The summed E-state index contributed by atoms with van der Waals surface area (Å²) in [5, 5.41) is 11.6. The Kier molecular flexibility index (Phi) is 11.4. The molecule has 208 valence electrons. The monoisotopic (exact) mass is 528 g/mol. The van der Waals surface area contributed by atoms with Crippen LogP contribution >= 0.6 is 0 Å². The number of hydrogen-bond donors (Lipinski definition) is 3. The maximum Gasteiger partial charge on any atom is 0.326 e. The molecule has 0 unspecified atom stereocenters. The first-order chi connectivity index (χ1) is 18.5. The maximum absolute atomic E-state index is 13.5. The average Bonchev–Trinajstić information content (AvgIpc) is 2.96. The first-order valence-electron chi connectivity index (χ1n) is 13.2. The lowest BCUT2D eigenvalue weighted by molar-refractivity contribution is -0.129. The van der Waals surface area contributed by atoms with Crippen LogP contribution in [0.3, 0.4) is 0 Å². The van der Waals surface area contributed by atoms with E-state index in [-0.39, 0.29) is 18.4 Å². The zero-order chi connectivity index (χ0) is 27.3. The van der Waals surface area contributed by atoms with Crippen molar-refractivity contribution in [2.45, 2.75) is 51.4 Å². The van der Waals surface area contributed by atoms with E-state index >= 15 is 0 Å². The highest BCUT2D eigenvalue weighted by Gasteiger charge is 2.20. The topological polar surface area (TPSA) is 113 Å². The van der Waals surface area contributed by atoms with Crippen molar-refractivity contribution in [1.29, 1.82) is 0 Å². The molecule has 1 aliphatic heterocycles. The number of carbonyl (C=O) groups excluding carboxylic acids is 2. The maximum atomic E-state index is 13.5. The fourth-order valence-electron chi connectivity index (χ4n) is 4.65. The molecular weight excluding hydrogens is 488 g/mol. The van der Waals surface area contributed by atoms with E-state index in [2.05, 4.69) is 22.3 Å². The molecule has 1 saturated heterocycles. The summed E-state index contributed by atoms with van der Waals surface area (Å²) in [6.45, 7) is 2.61. The van der Waals surface area contributed by atoms with Gasteiger partial charge in [0.2, 0.25) is 11.7 Å². The van der Waals surface area contributed by atoms with Gasteiger partial charge < -0.3 is 24.4 Å². The van der Waals surface area contributed by atoms with Crippen LogP contribution in [0.15, 0.2) is 36.4 Å². The molecule has 1 heterocycles. The average molecular weight is 529 g/mol. The van der Waals surface area contributed by atoms with Crippen LogP contribution in [0.1, 0.15) is 51.4 Å². The van der Waals surface area contributed by atoms with Crippen molar-refractivity contribution in [1.82, 2.24) is 5.48 Å². The predicted octanol–water partition coefficient (Wildman–Crippen LogP) is 5.20. The summed E-state index contributed by atoms with van der Waals surface area (Å²) >= 11 is 0. The summed E-state index contributed by atoms with van der Waals surface area (Å²) in [7, 11) is 4.59. The fraction of sp³-hybridized carbons (Fsp3) is 0.500. The number of nitrogens with zero attached hydrogens (tertiary/aromatic N) is 2. The highest BCUT2D eigenvalue weighted by atomic mass is 16.5. The lowest BCUT2D eigenvalue weighted by Gasteiger charge is -2.29. The van der Waals surface area contributed by atoms with Crippen LogP contribution in [0.4, 0.5) is 21.9 Å². The van der Waals surface area contributed by atoms with Gasteiger partial charge in [-0.05, 0) is 56.4 Å². The van der Waals surface area contributed by atoms with Crippen LogP contribution in [0.25, 0.3) is 0 Å². The number of unbranched alkanes of at least 4 members (excludes halogenated alkanes) is 3. The number of ether oxygens (including phenoxy) is 3. The van der Waals surface area contributed by atoms with Crippen LogP contribution in [-0.4, -0.2) is 58.1 Å². The van der Waals surface area contributed by atoms with Gasteiger partial charge in [0.05, 0.1) is 27.0 Å². The minimum absolute atomic E-state index is 0.273. The van der Waals surface area contributed by atoms with Gasteiger partial charge in [-0.25, -0.2) is 10.3 Å². The Balaban J connectivity index is 1.74. The van der Waals surface area contributed by atoms with E-state index in [0.29, 0.717) is 35.9 Å². The molecular formula is C28H40N4O6. The van der Waals surface area contributed by atoms with Gasteiger partial charge >= 0.3 is 6.03 Å². The number of carbonyl (C=O) groups is 2. The number of methoxy groups -OCH3 is 3. The lowest BCUT2D eigenvalue weighted by Crippen LogP contribution is -2.36. The van der Waals surface area contributed by atoms with Gasteiger partial charge in [-0.15, -0.1) is 0 Å². The van der Waals surface area contributed by atoms with E-state index in [1.165, 1.54) is 46.3 Å². The predicted molar refractivity (Wildman–Crippen MR) is 148 cm³/mol. The van der Waals surface area contributed by atoms with Crippen LogP contribution in [0.5, 0.6) is 17.2 Å². The van der Waals surface area contributed by atoms with Crippen LogP contribution in [0, 0.1) is 0 Å². The second-order valence-corrected chi connectivity index (χ2v) is 9.26. The summed E-state index contributed by atoms with van der Waals surface area (Å²) < 4.78 is 16.2. The van der Waals surface area contributed by atoms with E-state index in [1.54, 1.807) is 22.5 Å². The number of amides is 3. The van der Waals surface area contributed by atoms with Crippen LogP contribution in [0.2, 0.25) is 0 Å². The first-order valence-corrected chi connectivity index (χ1v) is 13.2. The molecule has 0 saturated carbocycles. The van der Waals surface area contributed by atoms with Crippen molar-refractivity contribution < 1.29 is 29.0 Å². The van der Waals surface area contributed by atoms with Crippen molar-refractivity contribution in [2.24, 2.45) is 0 Å². The quantitative estimate of drug-likeness (QED) is 0.186. The number of rotatable bonds is 13. The Morgan fingerprint density at radius 3 is 2.11 bits per heavy atom. The van der Waals surface area contributed by atoms with Gasteiger partial charge in [0.25, 0.3) is 0 Å². The van der Waals surface area contributed by atoms with Crippen LogP contribution < -0.4 is 34.8 Å². The number of anilines is 3. The van der Waals surface area contributed by atoms with Crippen molar-refractivity contribution in [3.05, 3.63) is 36.4 Å². The molecule has 3 amide bonds. The van der Waals surface area contributed by atoms with Crippen molar-refractivity contribution in [2.75, 3.05) is 56.1 Å². The first kappa shape index (κ1) is 28.9. The van der Waals surface area contributed by atoms with Crippen molar-refractivity contribution >= 4 is 29.0 Å². The van der Waals surface area contributed by atoms with E-state index in [1.807, 2.05) is 12.1 Å². The van der Waals surface area contributed by atoms with Crippen molar-refractivity contribution in [3.8, 4) is 17.2 Å². The Labute approximate surface area is 224 Å². The molecule has 38 heavy (non-hydrogen) atoms. The highest BCUT2D eigenvalue weighted by Crippen LogP contribution is 2.40. The minimum atomic E-state index is -0.384. The standard InChI is InChI=1S/C28H40N4O6/c1-36-24-19-21(20-25(37-2)27(24)38-3)29-28(34)32(18-10-5-4-7-11-26(33)30-35)23-14-12-22(13-15-23)31-16-8-6-9-17-31/h12-15,19-20,35H,4-11,16-18H2,1-3H3,(H,29,34)(H,30,33). The lowest BCUT2D eigenvalue weighted by atomic mass is 10.1. The fourth-order valence-corrected chi connectivity index (χ4v) is 4.65. The number of hydroxylamine groups is 1. The van der Waals surface area contributed by atoms with Gasteiger partial charge in [0.1, 0.15) is 0 Å². The minimum Gasteiger partial charge on any atom is -0.493 e. The highest BCUT2D eigenvalue weighted by molar-refractivity contribution is 6.02. The van der Waals surface area contributed by atoms with Gasteiger partial charge in [-0.3, -0.25) is 14.9 Å². The van der Waals surface area contributed by atoms with E-state index < -0.39 is 0 Å². The summed E-state index contributed by atoms with van der Waals surface area (Å²) in [5.41, 5.74) is 4.15. The third kappa shape index (κ3) is 7.92. The second-order valence-electron chi connectivity index (χ2n) is 9.26. The Bertz CT molecular complexity index is 1020. The van der Waals surface area contributed by atoms with Gasteiger partial charge in [0.15, 0.2) is 11.5 Å². The molecule has 0 aliphatic carbocycles. The Hall–Kier alpha value is -3.66. The Morgan fingerprint density at radius 2 is 1.53 bits per heavy atom. The molecule has 3 rings (SSSR count). The molecule has 0 radical (unpaired) electrons. The van der Waals surface area contributed by atoms with Gasteiger partial charge in [-0.2, -0.15) is 0 Å². The zero-order valence-electron chi connectivity index (χ0n) is 22.6. The van der Waals surface area contributed by atoms with E-state index in [4.69, 9.17) is 19.4 Å². The SMILES string of the molecule is COc1cc(NC(=O)N(CCCCCCC(=O)NO)c2ccc(N3CCCCC3)cc2)cc(OC)c1OC. The van der Waals surface area contributed by atoms with Crippen LogP contribution in [-0.2, 0) is 4.79 Å². The molecule has 0 atom stereocenters. The number of urea groups is 1. The number of piperidine rings is 1. The zero-order valence-corrected chi connectivity index (χ0v) is 22.6. The number of hydrogen-bond acceptors (Lipinski definition) is 7. The Morgan fingerprint density at radius 1 is 0.895 bits per heavy atom. The molecule has 1 aliphatic rings. The van der Waals surface area contributed by atoms with Gasteiger partial charge in [-0.1, -0.05) is 12.8 Å². The summed E-state index contributed by atoms with van der Waals surface area (Å²) in [4.78, 5) is 28.8. The smallest absolute Gasteiger partial charge is 0.326 e. The summed E-state index contributed by atoms with van der Waals surface area (Å²) in [6, 6.07) is 11.3. The molecule has 10 nitrogen and oxygen atoms in total. The second kappa shape index (κ2) is 14.9. The molecule has 3 N–H and O–H groups in total. The van der Waals surface area contributed by atoms with E-state index in [9.17, 15) is 9.59 Å². The third-order valence-electron chi connectivity index (χ3n) is 6.70. The molecule has 2 aromatic rings. The molecule has 0 spiro atoms. The number of nitrogens with one attached hydrogen (secondary N) is 2. The third-order valence-corrected chi connectivity index (χ3v) is 6.70. The molecule has 2 aromatic carbocycles. The molecule has 10 heteroatoms. The molecule has 0 aromatic heterocycles.